The van der Waals surface area contributed by atoms with Gasteiger partial charge in [-0.15, -0.1) is 0 Å². The monoisotopic (exact) mass is 498 g/mol. The number of aryl methyl sites for hydroxylation is 2. The van der Waals surface area contributed by atoms with E-state index in [-0.39, 0.29) is 28.4 Å². The number of halogens is 2. The number of nitrogens with zero attached hydrogens (tertiary/aromatic N) is 4. The number of pyridine rings is 2. The summed E-state index contributed by atoms with van der Waals surface area (Å²) < 4.78 is 30.1. The van der Waals surface area contributed by atoms with Gasteiger partial charge < -0.3 is 10.6 Å². The van der Waals surface area contributed by atoms with Crippen LogP contribution in [0.1, 0.15) is 11.3 Å². The number of benzene rings is 2. The van der Waals surface area contributed by atoms with E-state index in [2.05, 4.69) is 25.6 Å². The summed E-state index contributed by atoms with van der Waals surface area (Å²) >= 11 is 0. The molecule has 10 heteroatoms. The number of hydrogen-bond acceptors (Lipinski definition) is 5. The molecular weight excluding hydrogens is 478 g/mol. The van der Waals surface area contributed by atoms with E-state index in [0.29, 0.717) is 18.4 Å². The molecule has 184 valence electrons. The third kappa shape index (κ3) is 5.18. The number of hydrogen-bond donors (Lipinski definition) is 2. The van der Waals surface area contributed by atoms with Gasteiger partial charge in [0.05, 0.1) is 11.4 Å². The first-order valence-electron chi connectivity index (χ1n) is 11.4. The quantitative estimate of drug-likeness (QED) is 0.347. The van der Waals surface area contributed by atoms with E-state index in [0.717, 1.165) is 16.2 Å². The van der Waals surface area contributed by atoms with E-state index in [1.165, 1.54) is 36.5 Å². The van der Waals surface area contributed by atoms with Gasteiger partial charge >= 0.3 is 6.03 Å². The minimum absolute atomic E-state index is 0.0128. The van der Waals surface area contributed by atoms with Crippen LogP contribution in [0.5, 0.6) is 0 Å². The maximum Gasteiger partial charge on any atom is 0.323 e. The normalized spacial score (nSPS) is 10.9. The van der Waals surface area contributed by atoms with Crippen LogP contribution < -0.4 is 16.2 Å². The fourth-order valence-electron chi connectivity index (χ4n) is 3.87. The van der Waals surface area contributed by atoms with Crippen molar-refractivity contribution in [2.24, 2.45) is 0 Å². The molecule has 8 nitrogen and oxygen atoms in total. The van der Waals surface area contributed by atoms with E-state index in [4.69, 9.17) is 0 Å². The average Bonchev–Trinajstić information content (AvgIpc) is 2.91. The Hall–Kier alpha value is -4.99. The SMILES string of the molecule is O=C(Nc1ccc(F)c(-n2c(=O)c(CCc3cccnc3)nc3cccnc32)c1)Nc1ccccc1F. The summed E-state index contributed by atoms with van der Waals surface area (Å²) in [6.45, 7) is 0. The molecule has 0 unspecified atom stereocenters. The molecule has 2 N–H and O–H groups in total. The second kappa shape index (κ2) is 10.3. The molecular formula is C27H20F2N6O2. The van der Waals surface area contributed by atoms with Crippen LogP contribution in [-0.2, 0) is 12.8 Å². The van der Waals surface area contributed by atoms with Gasteiger partial charge in [0, 0.05) is 24.3 Å². The molecule has 0 fully saturated rings. The summed E-state index contributed by atoms with van der Waals surface area (Å²) in [6.07, 6.45) is 5.68. The van der Waals surface area contributed by atoms with Crippen LogP contribution in [0.25, 0.3) is 16.9 Å². The molecule has 2 amide bonds. The Kier molecular flexibility index (Phi) is 6.62. The lowest BCUT2D eigenvalue weighted by molar-refractivity contribution is 0.262. The summed E-state index contributed by atoms with van der Waals surface area (Å²) in [5, 5.41) is 4.94. The minimum atomic E-state index is -0.732. The van der Waals surface area contributed by atoms with E-state index >= 15 is 4.39 Å². The topological polar surface area (TPSA) is 102 Å². The summed E-state index contributed by atoms with van der Waals surface area (Å²) in [7, 11) is 0. The number of fused-ring (bicyclic) bond motifs is 1. The van der Waals surface area contributed by atoms with E-state index in [9.17, 15) is 14.0 Å². The highest BCUT2D eigenvalue weighted by Gasteiger charge is 2.17. The first-order valence-corrected chi connectivity index (χ1v) is 11.4. The molecule has 0 aliphatic carbocycles. The minimum Gasteiger partial charge on any atom is -0.308 e. The highest BCUT2D eigenvalue weighted by molar-refractivity contribution is 6.00. The van der Waals surface area contributed by atoms with E-state index < -0.39 is 23.2 Å². The van der Waals surface area contributed by atoms with Gasteiger partial charge in [-0.05, 0) is 66.9 Å². The maximum atomic E-state index is 15.1. The van der Waals surface area contributed by atoms with Gasteiger partial charge in [0.2, 0.25) is 0 Å². The summed E-state index contributed by atoms with van der Waals surface area (Å²) in [5.41, 5.74) is 1.29. The van der Waals surface area contributed by atoms with Crippen LogP contribution >= 0.6 is 0 Å². The number of anilines is 2. The van der Waals surface area contributed by atoms with Crippen LogP contribution in [0.4, 0.5) is 25.0 Å². The van der Waals surface area contributed by atoms with Gasteiger partial charge in [-0.25, -0.2) is 23.5 Å². The number of carbonyl (C=O) groups excluding carboxylic acids is 1. The largest absolute Gasteiger partial charge is 0.323 e. The van der Waals surface area contributed by atoms with Gasteiger partial charge in [0.1, 0.15) is 22.8 Å². The lowest BCUT2D eigenvalue weighted by Crippen LogP contribution is -2.26. The number of carbonyl (C=O) groups is 1. The Morgan fingerprint density at radius 2 is 1.73 bits per heavy atom. The number of rotatable bonds is 6. The lowest BCUT2D eigenvalue weighted by Gasteiger charge is -2.14. The van der Waals surface area contributed by atoms with Crippen molar-refractivity contribution in [3.8, 4) is 5.69 Å². The van der Waals surface area contributed by atoms with Crippen LogP contribution in [0, 0.1) is 11.6 Å². The molecule has 0 atom stereocenters. The number of amides is 2. The van der Waals surface area contributed by atoms with Gasteiger partial charge in [0.25, 0.3) is 5.56 Å². The van der Waals surface area contributed by atoms with Crippen molar-refractivity contribution in [3.63, 3.8) is 0 Å². The van der Waals surface area contributed by atoms with Gasteiger partial charge in [-0.3, -0.25) is 14.3 Å². The predicted octanol–water partition coefficient (Wildman–Crippen LogP) is 4.88. The molecule has 3 heterocycles. The molecule has 0 bridgehead atoms. The van der Waals surface area contributed by atoms with Crippen molar-refractivity contribution in [1.29, 1.82) is 0 Å². The Morgan fingerprint density at radius 1 is 0.892 bits per heavy atom. The van der Waals surface area contributed by atoms with Crippen molar-refractivity contribution in [3.05, 3.63) is 119 Å². The van der Waals surface area contributed by atoms with Crippen LogP contribution in [0.3, 0.4) is 0 Å². The lowest BCUT2D eigenvalue weighted by atomic mass is 10.1. The van der Waals surface area contributed by atoms with Gasteiger partial charge in [0.15, 0.2) is 5.65 Å². The van der Waals surface area contributed by atoms with Crippen molar-refractivity contribution in [2.45, 2.75) is 12.8 Å². The summed E-state index contributed by atoms with van der Waals surface area (Å²) in [5.74, 6) is -1.30. The Balaban J connectivity index is 1.51. The molecule has 0 radical (unpaired) electrons. The summed E-state index contributed by atoms with van der Waals surface area (Å²) in [4.78, 5) is 38.8. The zero-order chi connectivity index (χ0) is 25.8. The zero-order valence-electron chi connectivity index (χ0n) is 19.4. The van der Waals surface area contributed by atoms with E-state index in [1.807, 2.05) is 12.1 Å². The van der Waals surface area contributed by atoms with Gasteiger partial charge in [-0.2, -0.15) is 0 Å². The highest BCUT2D eigenvalue weighted by Crippen LogP contribution is 2.22. The average molecular weight is 498 g/mol. The second-order valence-electron chi connectivity index (χ2n) is 8.13. The predicted molar refractivity (Wildman–Crippen MR) is 136 cm³/mol. The maximum absolute atomic E-state index is 15.1. The molecule has 0 spiro atoms. The Morgan fingerprint density at radius 3 is 2.54 bits per heavy atom. The second-order valence-corrected chi connectivity index (χ2v) is 8.13. The number of nitrogens with one attached hydrogen (secondary N) is 2. The molecule has 0 saturated heterocycles. The molecule has 37 heavy (non-hydrogen) atoms. The van der Waals surface area contributed by atoms with Crippen LogP contribution in [0.15, 0.2) is 90.1 Å². The Bertz CT molecular complexity index is 1660. The van der Waals surface area contributed by atoms with Crippen LogP contribution in [-0.4, -0.2) is 25.6 Å². The fourth-order valence-corrected chi connectivity index (χ4v) is 3.87. The molecule has 5 aromatic rings. The number of para-hydroxylation sites is 1. The molecule has 0 aliphatic rings. The smallest absolute Gasteiger partial charge is 0.308 e. The molecule has 0 aliphatic heterocycles. The first kappa shape index (κ1) is 23.7. The van der Waals surface area contributed by atoms with Crippen LogP contribution in [0.2, 0.25) is 0 Å². The molecule has 2 aromatic carbocycles. The highest BCUT2D eigenvalue weighted by atomic mass is 19.1. The van der Waals surface area contributed by atoms with Crippen molar-refractivity contribution < 1.29 is 13.6 Å². The standard InChI is InChI=1S/C27H20F2N6O2/c28-19-6-1-2-7-21(19)34-27(37)32-18-10-11-20(29)24(15-18)35-25-22(8-4-14-31-25)33-23(26(35)36)12-9-17-5-3-13-30-16-17/h1-8,10-11,13-16H,9,12H2,(H2,32,34,37). The molecule has 0 saturated carbocycles. The number of urea groups is 1. The van der Waals surface area contributed by atoms with E-state index in [1.54, 1.807) is 30.6 Å². The number of aromatic nitrogens is 4. The fraction of sp³-hybridized carbons (Fsp3) is 0.0741. The third-order valence-corrected chi connectivity index (χ3v) is 5.62. The first-order chi connectivity index (χ1) is 18.0. The zero-order valence-corrected chi connectivity index (χ0v) is 19.4. The van der Waals surface area contributed by atoms with Gasteiger partial charge in [-0.1, -0.05) is 18.2 Å². The van der Waals surface area contributed by atoms with Crippen molar-refractivity contribution in [2.75, 3.05) is 10.6 Å². The molecule has 3 aromatic heterocycles. The van der Waals surface area contributed by atoms with Crippen molar-refractivity contribution in [1.82, 2.24) is 19.5 Å². The summed E-state index contributed by atoms with van der Waals surface area (Å²) in [6, 6.07) is 15.8. The third-order valence-electron chi connectivity index (χ3n) is 5.62. The Labute approximate surface area is 209 Å². The van der Waals surface area contributed by atoms with Crippen molar-refractivity contribution >= 4 is 28.6 Å². The molecule has 5 rings (SSSR count).